The summed E-state index contributed by atoms with van der Waals surface area (Å²) in [6.07, 6.45) is 49.4. The largest absolute Gasteiger partial charge is 0.508 e. The molecule has 1 aromatic carbocycles. The molecule has 0 amide bonds. The van der Waals surface area contributed by atoms with E-state index < -0.39 is 0 Å². The highest BCUT2D eigenvalue weighted by Gasteiger charge is 2.03. The summed E-state index contributed by atoms with van der Waals surface area (Å²) in [4.78, 5) is 11.9. The molecule has 0 aliphatic carbocycles. The molecule has 0 bridgehead atoms. The molecule has 1 rings (SSSR count). The lowest BCUT2D eigenvalue weighted by molar-refractivity contribution is -0.143. The molecule has 1 N–H and O–H groups in total. The van der Waals surface area contributed by atoms with Gasteiger partial charge in [-0.05, 0) is 24.1 Å². The predicted octanol–water partition coefficient (Wildman–Crippen LogP) is 15.2. The summed E-state index contributed by atoms with van der Waals surface area (Å²) in [5, 5.41) is 9.32. The molecule has 280 valence electrons. The Labute approximate surface area is 300 Å². The smallest absolute Gasteiger partial charge is 0.305 e. The molecular formula is C45H82O3. The molecular weight excluding hydrogens is 588 g/mol. The van der Waals surface area contributed by atoms with Crippen molar-refractivity contribution in [2.75, 3.05) is 6.61 Å². The fourth-order valence-electron chi connectivity index (χ4n) is 7.02. The van der Waals surface area contributed by atoms with E-state index in [0.29, 0.717) is 19.4 Å². The van der Waals surface area contributed by atoms with Gasteiger partial charge in [0.15, 0.2) is 0 Å². The van der Waals surface area contributed by atoms with Gasteiger partial charge in [-0.2, -0.15) is 0 Å². The fraction of sp³-hybridized carbons (Fsp3) is 0.844. The van der Waals surface area contributed by atoms with E-state index in [1.807, 2.05) is 12.1 Å². The number of unbranched alkanes of at least 4 members (excludes halogenated alkanes) is 33. The standard InChI is InChI=1S/C45H82O3/c1-2-3-4-5-6-7-8-9-10-11-12-13-14-15-16-17-18-19-20-21-22-23-24-25-26-27-28-29-30-31-32-33-34-35-36-45(47)48-42-41-43-37-39-44(46)40-38-43/h37-40,46H,2-36,41-42H2,1H3. The van der Waals surface area contributed by atoms with Crippen LogP contribution in [-0.4, -0.2) is 17.7 Å². The van der Waals surface area contributed by atoms with Gasteiger partial charge in [-0.1, -0.05) is 231 Å². The van der Waals surface area contributed by atoms with Crippen LogP contribution >= 0.6 is 0 Å². The third-order valence-corrected chi connectivity index (χ3v) is 10.3. The highest BCUT2D eigenvalue weighted by molar-refractivity contribution is 5.69. The number of aromatic hydroxyl groups is 1. The Morgan fingerprint density at radius 1 is 0.438 bits per heavy atom. The van der Waals surface area contributed by atoms with E-state index in [1.54, 1.807) is 12.1 Å². The van der Waals surface area contributed by atoms with Crippen molar-refractivity contribution in [2.24, 2.45) is 0 Å². The SMILES string of the molecule is CCCCCCCCCCCCCCCCCCCCCCCCCCCCCCCCCCCCC(=O)OCCc1ccc(O)cc1. The molecule has 0 saturated heterocycles. The summed E-state index contributed by atoms with van der Waals surface area (Å²) in [6.45, 7) is 2.72. The number of phenolic OH excluding ortho intramolecular Hbond substituents is 1. The molecule has 3 heteroatoms. The van der Waals surface area contributed by atoms with Gasteiger partial charge in [-0.15, -0.1) is 0 Å². The van der Waals surface area contributed by atoms with Crippen LogP contribution in [0.1, 0.15) is 237 Å². The van der Waals surface area contributed by atoms with E-state index in [2.05, 4.69) is 6.92 Å². The zero-order valence-electron chi connectivity index (χ0n) is 32.2. The second-order valence-corrected chi connectivity index (χ2v) is 15.1. The van der Waals surface area contributed by atoms with Crippen LogP contribution in [0.5, 0.6) is 5.75 Å². The first-order chi connectivity index (χ1) is 23.7. The summed E-state index contributed by atoms with van der Waals surface area (Å²) in [7, 11) is 0. The average Bonchev–Trinajstić information content (AvgIpc) is 3.09. The van der Waals surface area contributed by atoms with Gasteiger partial charge in [0.1, 0.15) is 5.75 Å². The lowest BCUT2D eigenvalue weighted by Crippen LogP contribution is -2.07. The molecule has 1 aromatic rings. The number of benzene rings is 1. The second-order valence-electron chi connectivity index (χ2n) is 15.1. The monoisotopic (exact) mass is 671 g/mol. The summed E-state index contributed by atoms with van der Waals surface area (Å²) in [5.41, 5.74) is 1.08. The molecule has 0 unspecified atom stereocenters. The minimum absolute atomic E-state index is 0.0790. The zero-order valence-corrected chi connectivity index (χ0v) is 32.2. The fourth-order valence-corrected chi connectivity index (χ4v) is 7.02. The topological polar surface area (TPSA) is 46.5 Å². The predicted molar refractivity (Wildman–Crippen MR) is 210 cm³/mol. The lowest BCUT2D eigenvalue weighted by atomic mass is 10.0. The molecule has 0 aliphatic rings. The van der Waals surface area contributed by atoms with Crippen LogP contribution in [0.15, 0.2) is 24.3 Å². The van der Waals surface area contributed by atoms with Crippen LogP contribution in [0.3, 0.4) is 0 Å². The summed E-state index contributed by atoms with van der Waals surface area (Å²) < 4.78 is 5.35. The highest BCUT2D eigenvalue weighted by Crippen LogP contribution is 2.17. The first-order valence-electron chi connectivity index (χ1n) is 21.7. The van der Waals surface area contributed by atoms with E-state index in [9.17, 15) is 9.90 Å². The normalized spacial score (nSPS) is 11.4. The molecule has 48 heavy (non-hydrogen) atoms. The Bertz CT molecular complexity index is 773. The summed E-state index contributed by atoms with van der Waals surface area (Å²) >= 11 is 0. The van der Waals surface area contributed by atoms with Crippen LogP contribution in [0, 0.1) is 0 Å². The van der Waals surface area contributed by atoms with E-state index >= 15 is 0 Å². The maximum absolute atomic E-state index is 11.9. The first-order valence-corrected chi connectivity index (χ1v) is 21.7. The summed E-state index contributed by atoms with van der Waals surface area (Å²) in [6, 6.07) is 7.08. The van der Waals surface area contributed by atoms with Crippen molar-refractivity contribution in [1.29, 1.82) is 0 Å². The second kappa shape index (κ2) is 36.8. The molecule has 0 heterocycles. The number of rotatable bonds is 38. The maximum atomic E-state index is 11.9. The van der Waals surface area contributed by atoms with E-state index in [4.69, 9.17) is 4.74 Å². The van der Waals surface area contributed by atoms with Gasteiger partial charge in [-0.25, -0.2) is 0 Å². The Kier molecular flexibility index (Phi) is 34.1. The van der Waals surface area contributed by atoms with Gasteiger partial charge >= 0.3 is 5.97 Å². The number of hydrogen-bond donors (Lipinski definition) is 1. The van der Waals surface area contributed by atoms with E-state index in [1.165, 1.54) is 205 Å². The number of carbonyl (C=O) groups is 1. The molecule has 3 nitrogen and oxygen atoms in total. The Morgan fingerprint density at radius 3 is 1.00 bits per heavy atom. The van der Waals surface area contributed by atoms with Gasteiger partial charge in [0.05, 0.1) is 6.61 Å². The van der Waals surface area contributed by atoms with Crippen molar-refractivity contribution in [3.8, 4) is 5.75 Å². The molecule has 0 saturated carbocycles. The highest BCUT2D eigenvalue weighted by atomic mass is 16.5. The van der Waals surface area contributed by atoms with Gasteiger partial charge < -0.3 is 9.84 Å². The number of hydrogen-bond acceptors (Lipinski definition) is 3. The Balaban J connectivity index is 1.65. The zero-order chi connectivity index (χ0) is 34.4. The van der Waals surface area contributed by atoms with Crippen molar-refractivity contribution in [3.05, 3.63) is 29.8 Å². The third kappa shape index (κ3) is 33.0. The average molecular weight is 671 g/mol. The maximum Gasteiger partial charge on any atom is 0.305 e. The molecule has 0 fully saturated rings. The minimum Gasteiger partial charge on any atom is -0.508 e. The lowest BCUT2D eigenvalue weighted by Gasteiger charge is -2.06. The van der Waals surface area contributed by atoms with Crippen LogP contribution in [0.25, 0.3) is 0 Å². The summed E-state index contributed by atoms with van der Waals surface area (Å²) in [5.74, 6) is 0.187. The van der Waals surface area contributed by atoms with Crippen molar-refractivity contribution < 1.29 is 14.6 Å². The Morgan fingerprint density at radius 2 is 0.708 bits per heavy atom. The van der Waals surface area contributed by atoms with Crippen LogP contribution in [0.4, 0.5) is 0 Å². The van der Waals surface area contributed by atoms with Gasteiger partial charge in [0.25, 0.3) is 0 Å². The van der Waals surface area contributed by atoms with Crippen LogP contribution in [-0.2, 0) is 16.0 Å². The first kappa shape index (κ1) is 44.5. The van der Waals surface area contributed by atoms with Crippen molar-refractivity contribution in [3.63, 3.8) is 0 Å². The molecule has 0 radical (unpaired) electrons. The minimum atomic E-state index is -0.0790. The third-order valence-electron chi connectivity index (χ3n) is 10.3. The molecule has 0 atom stereocenters. The van der Waals surface area contributed by atoms with Crippen molar-refractivity contribution >= 4 is 5.97 Å². The number of carbonyl (C=O) groups excluding carboxylic acids is 1. The van der Waals surface area contributed by atoms with Gasteiger partial charge in [0, 0.05) is 12.8 Å². The van der Waals surface area contributed by atoms with Crippen LogP contribution < -0.4 is 0 Å². The number of phenols is 1. The van der Waals surface area contributed by atoms with Crippen molar-refractivity contribution in [2.45, 2.75) is 238 Å². The van der Waals surface area contributed by atoms with Crippen molar-refractivity contribution in [1.82, 2.24) is 0 Å². The number of ether oxygens (including phenoxy) is 1. The molecule has 0 spiro atoms. The van der Waals surface area contributed by atoms with Gasteiger partial charge in [-0.3, -0.25) is 4.79 Å². The molecule has 0 aliphatic heterocycles. The number of esters is 1. The quantitative estimate of drug-likeness (QED) is 0.0562. The van der Waals surface area contributed by atoms with E-state index in [-0.39, 0.29) is 11.7 Å². The van der Waals surface area contributed by atoms with E-state index in [0.717, 1.165) is 18.4 Å². The van der Waals surface area contributed by atoms with Crippen LogP contribution in [0.2, 0.25) is 0 Å². The molecule has 0 aromatic heterocycles. The van der Waals surface area contributed by atoms with Gasteiger partial charge in [0.2, 0.25) is 0 Å². The Hall–Kier alpha value is -1.51.